The molecule has 6 nitrogen and oxygen atoms in total. The van der Waals surface area contributed by atoms with Gasteiger partial charge in [0.2, 0.25) is 0 Å². The van der Waals surface area contributed by atoms with Gasteiger partial charge < -0.3 is 10.3 Å². The highest BCUT2D eigenvalue weighted by Gasteiger charge is 2.18. The van der Waals surface area contributed by atoms with Crippen molar-refractivity contribution in [3.63, 3.8) is 0 Å². The second-order valence-corrected chi connectivity index (χ2v) is 5.87. The molecule has 19 heavy (non-hydrogen) atoms. The van der Waals surface area contributed by atoms with Gasteiger partial charge in [0.15, 0.2) is 5.03 Å². The van der Waals surface area contributed by atoms with E-state index in [0.29, 0.717) is 17.9 Å². The molecule has 3 N–H and O–H groups in total. The number of nitrogens with one attached hydrogen (secondary N) is 1. The normalized spacial score (nSPS) is 11.5. The maximum atomic E-state index is 12.1. The van der Waals surface area contributed by atoms with E-state index in [0.717, 1.165) is 5.56 Å². The minimum absolute atomic E-state index is 0.0191. The Bertz CT molecular complexity index is 692. The summed E-state index contributed by atoms with van der Waals surface area (Å²) in [5, 5.41) is -0.0191. The molecule has 0 radical (unpaired) electrons. The molecule has 0 bridgehead atoms. The van der Waals surface area contributed by atoms with Gasteiger partial charge in [-0.25, -0.2) is 4.98 Å². The number of rotatable bonds is 4. The zero-order chi connectivity index (χ0) is 14.0. The van der Waals surface area contributed by atoms with Crippen LogP contribution in [0.1, 0.15) is 12.5 Å². The molecule has 0 unspecified atom stereocenters. The molecular weight excluding hydrogens is 264 g/mol. The number of hydrogen-bond acceptors (Lipinski definition) is 4. The van der Waals surface area contributed by atoms with Crippen LogP contribution >= 0.6 is 0 Å². The molecule has 1 aromatic carbocycles. The molecule has 1 heterocycles. The Labute approximate surface area is 112 Å². The highest BCUT2D eigenvalue weighted by molar-refractivity contribution is 7.92. The number of aryl methyl sites for hydroxylation is 2. The van der Waals surface area contributed by atoms with Gasteiger partial charge in [0.25, 0.3) is 10.0 Å². The van der Waals surface area contributed by atoms with E-state index in [1.165, 1.54) is 12.5 Å². The van der Waals surface area contributed by atoms with Gasteiger partial charge in [-0.2, -0.15) is 8.42 Å². The van der Waals surface area contributed by atoms with E-state index >= 15 is 0 Å². The second kappa shape index (κ2) is 4.93. The maximum absolute atomic E-state index is 12.1. The molecule has 7 heteroatoms. The van der Waals surface area contributed by atoms with Crippen molar-refractivity contribution in [2.75, 3.05) is 10.5 Å². The van der Waals surface area contributed by atoms with Crippen molar-refractivity contribution in [2.45, 2.75) is 25.4 Å². The Morgan fingerprint density at radius 1 is 1.42 bits per heavy atom. The lowest BCUT2D eigenvalue weighted by Crippen LogP contribution is -2.14. The minimum atomic E-state index is -3.70. The van der Waals surface area contributed by atoms with Crippen molar-refractivity contribution in [1.82, 2.24) is 9.55 Å². The number of nitrogens with zero attached hydrogens (tertiary/aromatic N) is 2. The summed E-state index contributed by atoms with van der Waals surface area (Å²) in [4.78, 5) is 3.87. The smallest absolute Gasteiger partial charge is 0.281 e. The molecule has 1 aromatic heterocycles. The number of nitrogens with two attached hydrogens (primary N) is 1. The molecule has 102 valence electrons. The van der Waals surface area contributed by atoms with Gasteiger partial charge in [-0.1, -0.05) is 6.07 Å². The summed E-state index contributed by atoms with van der Waals surface area (Å²) >= 11 is 0. The summed E-state index contributed by atoms with van der Waals surface area (Å²) in [6, 6.07) is 5.14. The first-order valence-electron chi connectivity index (χ1n) is 5.83. The van der Waals surface area contributed by atoms with Crippen molar-refractivity contribution in [2.24, 2.45) is 0 Å². The van der Waals surface area contributed by atoms with Gasteiger partial charge >= 0.3 is 0 Å². The first-order valence-corrected chi connectivity index (χ1v) is 7.31. The number of nitrogen functional groups attached to an aromatic ring is 1. The van der Waals surface area contributed by atoms with Crippen LogP contribution in [-0.4, -0.2) is 18.0 Å². The minimum Gasteiger partial charge on any atom is -0.397 e. The number of benzene rings is 1. The average Bonchev–Trinajstić information content (AvgIpc) is 2.82. The summed E-state index contributed by atoms with van der Waals surface area (Å²) in [7, 11) is -3.70. The third kappa shape index (κ3) is 2.87. The molecule has 0 saturated carbocycles. The Balaban J connectivity index is 2.30. The summed E-state index contributed by atoms with van der Waals surface area (Å²) in [6.45, 7) is 4.45. The molecule has 0 spiro atoms. The number of anilines is 2. The van der Waals surface area contributed by atoms with E-state index in [-0.39, 0.29) is 5.03 Å². The first-order chi connectivity index (χ1) is 8.92. The van der Waals surface area contributed by atoms with Crippen LogP contribution in [0, 0.1) is 6.92 Å². The molecule has 0 atom stereocenters. The van der Waals surface area contributed by atoms with Crippen LogP contribution in [0.4, 0.5) is 11.4 Å². The first kappa shape index (κ1) is 13.4. The van der Waals surface area contributed by atoms with E-state index in [1.54, 1.807) is 22.8 Å². The standard InChI is InChI=1S/C12H16N4O2S/c1-3-16-7-12(14-8-16)19(17,18)15-11-5-4-9(2)6-10(11)13/h4-8,15H,3,13H2,1-2H3. The summed E-state index contributed by atoms with van der Waals surface area (Å²) < 4.78 is 28.4. The molecule has 0 aliphatic heterocycles. The van der Waals surface area contributed by atoms with E-state index in [4.69, 9.17) is 5.73 Å². The van der Waals surface area contributed by atoms with Crippen molar-refractivity contribution < 1.29 is 8.42 Å². The van der Waals surface area contributed by atoms with Gasteiger partial charge in [-0.15, -0.1) is 0 Å². The van der Waals surface area contributed by atoms with Crippen LogP contribution in [0.5, 0.6) is 0 Å². The van der Waals surface area contributed by atoms with E-state index in [2.05, 4.69) is 9.71 Å². The lowest BCUT2D eigenvalue weighted by Gasteiger charge is -2.09. The predicted molar refractivity (Wildman–Crippen MR) is 74.3 cm³/mol. The van der Waals surface area contributed by atoms with Crippen LogP contribution in [-0.2, 0) is 16.6 Å². The largest absolute Gasteiger partial charge is 0.397 e. The molecule has 0 fully saturated rings. The topological polar surface area (TPSA) is 90.0 Å². The molecular formula is C12H16N4O2S. The van der Waals surface area contributed by atoms with Gasteiger partial charge in [0.1, 0.15) is 0 Å². The zero-order valence-corrected chi connectivity index (χ0v) is 11.6. The third-order valence-corrected chi connectivity index (χ3v) is 3.95. The van der Waals surface area contributed by atoms with E-state index < -0.39 is 10.0 Å². The molecule has 0 aliphatic carbocycles. The number of aromatic nitrogens is 2. The molecule has 2 rings (SSSR count). The van der Waals surface area contributed by atoms with Crippen molar-refractivity contribution in [3.8, 4) is 0 Å². The Morgan fingerprint density at radius 2 is 2.16 bits per heavy atom. The average molecular weight is 280 g/mol. The van der Waals surface area contributed by atoms with E-state index in [1.807, 2.05) is 13.8 Å². The summed E-state index contributed by atoms with van der Waals surface area (Å²) in [5.41, 5.74) is 7.50. The number of imidazole rings is 1. The summed E-state index contributed by atoms with van der Waals surface area (Å²) in [5.74, 6) is 0. The van der Waals surface area contributed by atoms with Crippen molar-refractivity contribution in [1.29, 1.82) is 0 Å². The highest BCUT2D eigenvalue weighted by Crippen LogP contribution is 2.22. The van der Waals surface area contributed by atoms with Crippen LogP contribution in [0.2, 0.25) is 0 Å². The zero-order valence-electron chi connectivity index (χ0n) is 10.8. The third-order valence-electron chi connectivity index (χ3n) is 2.70. The van der Waals surface area contributed by atoms with Crippen molar-refractivity contribution >= 4 is 21.4 Å². The number of hydrogen-bond donors (Lipinski definition) is 2. The van der Waals surface area contributed by atoms with Gasteiger partial charge in [0, 0.05) is 12.7 Å². The fraction of sp³-hybridized carbons (Fsp3) is 0.250. The van der Waals surface area contributed by atoms with Crippen LogP contribution in [0.15, 0.2) is 35.7 Å². The Morgan fingerprint density at radius 3 is 2.74 bits per heavy atom. The van der Waals surface area contributed by atoms with E-state index in [9.17, 15) is 8.42 Å². The highest BCUT2D eigenvalue weighted by atomic mass is 32.2. The van der Waals surface area contributed by atoms with Gasteiger partial charge in [-0.3, -0.25) is 4.72 Å². The molecule has 0 amide bonds. The second-order valence-electron chi connectivity index (χ2n) is 4.24. The maximum Gasteiger partial charge on any atom is 0.281 e. The SMILES string of the molecule is CCn1cnc(S(=O)(=O)Nc2ccc(C)cc2N)c1. The Hall–Kier alpha value is -2.02. The quantitative estimate of drug-likeness (QED) is 0.832. The Kier molecular flexibility index (Phi) is 3.48. The van der Waals surface area contributed by atoms with Gasteiger partial charge in [0.05, 0.1) is 17.7 Å². The van der Waals surface area contributed by atoms with Crippen LogP contribution < -0.4 is 10.5 Å². The fourth-order valence-electron chi connectivity index (χ4n) is 1.62. The van der Waals surface area contributed by atoms with Gasteiger partial charge in [-0.05, 0) is 31.5 Å². The summed E-state index contributed by atoms with van der Waals surface area (Å²) in [6.07, 6.45) is 2.96. The van der Waals surface area contributed by atoms with Crippen molar-refractivity contribution in [3.05, 3.63) is 36.3 Å². The molecule has 2 aromatic rings. The van der Waals surface area contributed by atoms with Crippen LogP contribution in [0.3, 0.4) is 0 Å². The fourth-order valence-corrected chi connectivity index (χ4v) is 2.66. The lowest BCUT2D eigenvalue weighted by atomic mass is 10.2. The number of sulfonamides is 1. The van der Waals surface area contributed by atoms with Crippen LogP contribution in [0.25, 0.3) is 0 Å². The predicted octanol–water partition coefficient (Wildman–Crippen LogP) is 1.59. The molecule has 0 saturated heterocycles. The monoisotopic (exact) mass is 280 g/mol. The lowest BCUT2D eigenvalue weighted by molar-refractivity contribution is 0.598. The molecule has 0 aliphatic rings.